The molecule has 6 unspecified atom stereocenters. The average Bonchev–Trinajstić information content (AvgIpc) is 0.786. The smallest absolute Gasteiger partial charge is 0.123 e. The molecule has 0 aliphatic heterocycles. The lowest BCUT2D eigenvalue weighted by Gasteiger charge is -2.31. The monoisotopic (exact) mass is 1810 g/mol. The molecule has 6 aromatic carbocycles. The fourth-order valence-corrected chi connectivity index (χ4v) is 26.7. The molecule has 9 rings (SSSR count). The molecule has 0 saturated heterocycles. The Balaban J connectivity index is 0.000000256. The third-order valence-electron chi connectivity index (χ3n) is 25.6. The number of hydrogen-bond donors (Lipinski definition) is 6. The van der Waals surface area contributed by atoms with E-state index >= 15 is 0 Å². The van der Waals surface area contributed by atoms with E-state index in [9.17, 15) is 30.6 Å². The molecule has 3 fully saturated rings. The van der Waals surface area contributed by atoms with Crippen molar-refractivity contribution in [1.29, 1.82) is 0 Å². The number of thioether (sulfide) groups is 6. The summed E-state index contributed by atoms with van der Waals surface area (Å²) in [5.41, 5.74) is 21.0. The van der Waals surface area contributed by atoms with Gasteiger partial charge in [-0.25, -0.2) is 0 Å². The summed E-state index contributed by atoms with van der Waals surface area (Å²) < 4.78 is 0. The highest BCUT2D eigenvalue weighted by atomic mass is 32.2. The topological polar surface area (TPSA) is 121 Å². The van der Waals surface area contributed by atoms with Crippen LogP contribution in [0, 0.1) is 10.8 Å². The molecular weight excluding hydrogens is 1630 g/mol. The maximum Gasteiger partial charge on any atom is 0.123 e. The van der Waals surface area contributed by atoms with E-state index in [0.717, 1.165) is 114 Å². The molecule has 0 aromatic heterocycles. The SMILES string of the molecule is CC(C)(C)Cc1cc(C(C)(C)C)cc(CSC2CCCCCCC2SCc2cc(C(C)(C)C)cc(CC(C)(C)C)c2O)c1O.CC(C)(C)c1cc(CSC2CCCCCCC2SCc2cc(C(C)(C)C)cc(C(C)(C)C)c2O)c(O)c(C(C)(C)C)c1.CC(C)c1cc(CSC2CCCCCCC2SCc2cc(C(C)C)cc(C(C)C)c2O)c(O)c(C(C)C)c1. The summed E-state index contributed by atoms with van der Waals surface area (Å²) in [6.07, 6.45) is 24.7. The van der Waals surface area contributed by atoms with Crippen LogP contribution in [0.2, 0.25) is 0 Å². The molecule has 0 heterocycles. The van der Waals surface area contributed by atoms with Gasteiger partial charge in [0.15, 0.2) is 0 Å². The molecule has 0 bridgehead atoms. The lowest BCUT2D eigenvalue weighted by Crippen LogP contribution is -2.23. The number of benzene rings is 6. The molecule has 696 valence electrons. The van der Waals surface area contributed by atoms with Gasteiger partial charge in [-0.3, -0.25) is 0 Å². The zero-order valence-electron chi connectivity index (χ0n) is 84.2. The number of phenols is 6. The molecule has 6 nitrogen and oxygen atoms in total. The molecule has 0 amide bonds. The van der Waals surface area contributed by atoms with Crippen molar-refractivity contribution in [3.63, 3.8) is 0 Å². The minimum atomic E-state index is -0.112. The third-order valence-corrected chi connectivity index (χ3v) is 35.0. The van der Waals surface area contributed by atoms with Crippen LogP contribution in [0.3, 0.4) is 0 Å². The minimum absolute atomic E-state index is 0.0290. The molecule has 3 aliphatic rings. The van der Waals surface area contributed by atoms with Gasteiger partial charge in [0, 0.05) is 99.4 Å². The predicted molar refractivity (Wildman–Crippen MR) is 557 cm³/mol. The maximum absolute atomic E-state index is 11.5. The first-order valence-electron chi connectivity index (χ1n) is 48.2. The zero-order valence-corrected chi connectivity index (χ0v) is 89.1. The Morgan fingerprint density at radius 2 is 0.435 bits per heavy atom. The summed E-state index contributed by atoms with van der Waals surface area (Å²) in [4.78, 5) is 0. The van der Waals surface area contributed by atoms with Gasteiger partial charge in [-0.05, 0) is 185 Å². The molecule has 12 heteroatoms. The van der Waals surface area contributed by atoms with Crippen LogP contribution in [-0.4, -0.2) is 62.1 Å². The quantitative estimate of drug-likeness (QED) is 0.0346. The minimum Gasteiger partial charge on any atom is -0.507 e. The molecule has 6 aromatic rings. The third kappa shape index (κ3) is 32.6. The zero-order chi connectivity index (χ0) is 92.7. The molecule has 124 heavy (non-hydrogen) atoms. The van der Waals surface area contributed by atoms with Gasteiger partial charge in [0.05, 0.1) is 0 Å². The Morgan fingerprint density at radius 3 is 0.629 bits per heavy atom. The van der Waals surface area contributed by atoms with Crippen LogP contribution in [-0.2, 0) is 79.8 Å². The lowest BCUT2D eigenvalue weighted by atomic mass is 9.79. The molecule has 6 atom stereocenters. The lowest BCUT2D eigenvalue weighted by molar-refractivity contribution is 0.392. The molecule has 0 radical (unpaired) electrons. The summed E-state index contributed by atoms with van der Waals surface area (Å²) in [5.74, 6) is 9.58. The Labute approximate surface area is 785 Å². The van der Waals surface area contributed by atoms with Gasteiger partial charge in [0.1, 0.15) is 34.5 Å². The first kappa shape index (κ1) is 107. The van der Waals surface area contributed by atoms with Crippen LogP contribution in [0.5, 0.6) is 34.5 Å². The van der Waals surface area contributed by atoms with Crippen LogP contribution in [0.15, 0.2) is 72.8 Å². The first-order valence-corrected chi connectivity index (χ1v) is 54.5. The number of rotatable bonds is 24. The van der Waals surface area contributed by atoms with Gasteiger partial charge >= 0.3 is 0 Å². The van der Waals surface area contributed by atoms with Crippen LogP contribution >= 0.6 is 70.6 Å². The summed E-state index contributed by atoms with van der Waals surface area (Å²) in [6.45, 7) is 71.6. The maximum atomic E-state index is 11.5. The molecular formula is C112H176O6S6. The van der Waals surface area contributed by atoms with Gasteiger partial charge in [-0.1, -0.05) is 371 Å². The van der Waals surface area contributed by atoms with Crippen LogP contribution in [0.1, 0.15) is 461 Å². The Morgan fingerprint density at radius 1 is 0.234 bits per heavy atom. The number of phenolic OH excluding ortho intramolecular Hbond substituents is 6. The van der Waals surface area contributed by atoms with Crippen molar-refractivity contribution >= 4 is 70.6 Å². The van der Waals surface area contributed by atoms with E-state index in [1.54, 1.807) is 0 Å². The molecule has 3 aliphatic carbocycles. The van der Waals surface area contributed by atoms with E-state index < -0.39 is 0 Å². The summed E-state index contributed by atoms with van der Waals surface area (Å²) in [6, 6.07) is 26.9. The summed E-state index contributed by atoms with van der Waals surface area (Å²) >= 11 is 12.3. The van der Waals surface area contributed by atoms with Crippen LogP contribution in [0.25, 0.3) is 0 Å². The van der Waals surface area contributed by atoms with Crippen molar-refractivity contribution in [3.8, 4) is 34.5 Å². The highest BCUT2D eigenvalue weighted by Gasteiger charge is 2.35. The molecule has 0 spiro atoms. The molecule has 6 N–H and O–H groups in total. The van der Waals surface area contributed by atoms with Crippen molar-refractivity contribution in [2.45, 2.75) is 472 Å². The van der Waals surface area contributed by atoms with Crippen molar-refractivity contribution < 1.29 is 30.6 Å². The van der Waals surface area contributed by atoms with Crippen molar-refractivity contribution in [3.05, 3.63) is 173 Å². The Hall–Kier alpha value is -3.78. The van der Waals surface area contributed by atoms with E-state index in [0.29, 0.717) is 89.7 Å². The summed E-state index contributed by atoms with van der Waals surface area (Å²) in [5, 5.41) is 71.3. The Kier molecular flexibility index (Phi) is 39.8. The normalized spacial score (nSPS) is 19.2. The largest absolute Gasteiger partial charge is 0.507 e. The summed E-state index contributed by atoms with van der Waals surface area (Å²) in [7, 11) is 0. The highest BCUT2D eigenvalue weighted by molar-refractivity contribution is 8.04. The standard InChI is InChI=1S/C40H64O2S2.C38H60O2S2.C34H52O2S2/c1-37(2,3)23-27-19-31(39(7,8)9)21-29(35(27)41)25-43-33-17-15-13-14-16-18-34(33)44-26-30-22-32(40(10,11)12)20-28(36(30)42)24-38(4,5)6;1-35(2,3)27-19-25(33(39)29(21-27)37(7,8)9)23-41-31-17-15-13-14-16-18-32(31)42-24-26-20-28(36(4,5)6)22-30(34(26)40)38(10,11)12;1-21(2)25-15-27(33(35)29(17-25)23(5)6)19-37-31-13-11-9-10-12-14-32(31)38-20-28-16-26(22(3)4)18-30(24(7)8)34(28)36/h19-22,33-34,41-42H,13-18,23-26H2,1-12H3;19-22,31-32,39-40H,13-18,23-24H2,1-12H3;15-18,21-24,31-32,35-36H,9-14,19-20H2,1-8H3. The molecule has 3 saturated carbocycles. The average molecular weight is 1810 g/mol. The van der Waals surface area contributed by atoms with Gasteiger partial charge in [0.25, 0.3) is 0 Å². The number of hydrogen-bond acceptors (Lipinski definition) is 12. The van der Waals surface area contributed by atoms with Crippen LogP contribution in [0.4, 0.5) is 0 Å². The van der Waals surface area contributed by atoms with E-state index in [1.165, 1.54) is 149 Å². The second-order valence-electron chi connectivity index (χ2n) is 47.3. The fraction of sp³-hybridized carbons (Fsp3) is 0.679. The second kappa shape index (κ2) is 46.0. The number of aromatic hydroxyl groups is 6. The van der Waals surface area contributed by atoms with E-state index in [-0.39, 0.29) is 43.3 Å². The van der Waals surface area contributed by atoms with Crippen molar-refractivity contribution in [1.82, 2.24) is 0 Å². The van der Waals surface area contributed by atoms with Gasteiger partial charge in [-0.2, -0.15) is 70.6 Å². The van der Waals surface area contributed by atoms with E-state index in [2.05, 4.69) is 318 Å². The second-order valence-corrected chi connectivity index (χ2v) is 54.6. The predicted octanol–water partition coefficient (Wildman–Crippen LogP) is 34.5. The van der Waals surface area contributed by atoms with Crippen molar-refractivity contribution in [2.75, 3.05) is 0 Å². The fourth-order valence-electron chi connectivity index (χ4n) is 17.5. The van der Waals surface area contributed by atoms with E-state index in [1.807, 2.05) is 47.0 Å². The van der Waals surface area contributed by atoms with Crippen molar-refractivity contribution in [2.24, 2.45) is 10.8 Å². The first-order chi connectivity index (χ1) is 57.3. The van der Waals surface area contributed by atoms with E-state index in [4.69, 9.17) is 0 Å². The van der Waals surface area contributed by atoms with Gasteiger partial charge in [0.2, 0.25) is 0 Å². The van der Waals surface area contributed by atoms with Gasteiger partial charge < -0.3 is 30.6 Å². The Bertz CT molecular complexity index is 4080. The highest BCUT2D eigenvalue weighted by Crippen LogP contribution is 2.50. The van der Waals surface area contributed by atoms with Crippen LogP contribution < -0.4 is 0 Å². The van der Waals surface area contributed by atoms with Gasteiger partial charge in [-0.15, -0.1) is 0 Å².